The molecule has 3 aromatic rings. The number of rotatable bonds is 7. The first-order valence-electron chi connectivity index (χ1n) is 8.86. The van der Waals surface area contributed by atoms with Gasteiger partial charge in [0.25, 0.3) is 0 Å². The highest BCUT2D eigenvalue weighted by atomic mass is 32.2. The van der Waals surface area contributed by atoms with Crippen molar-refractivity contribution in [3.63, 3.8) is 0 Å². The molecule has 1 aliphatic rings. The summed E-state index contributed by atoms with van der Waals surface area (Å²) in [6, 6.07) is 14.1. The molecule has 4 rings (SSSR count). The fraction of sp³-hybridized carbons (Fsp3) is 0.368. The topological polar surface area (TPSA) is 67.7 Å². The number of anilines is 1. The van der Waals surface area contributed by atoms with Crippen LogP contribution in [0.2, 0.25) is 0 Å². The van der Waals surface area contributed by atoms with Gasteiger partial charge in [-0.15, -0.1) is 10.2 Å². The van der Waals surface area contributed by atoms with Crippen LogP contribution >= 0.6 is 23.1 Å². The Morgan fingerprint density at radius 3 is 2.81 bits per heavy atom. The molecule has 0 radical (unpaired) electrons. The molecule has 0 saturated carbocycles. The van der Waals surface area contributed by atoms with E-state index in [1.165, 1.54) is 17.1 Å². The molecule has 142 valence electrons. The summed E-state index contributed by atoms with van der Waals surface area (Å²) in [5, 5.41) is 21.9. The Hall–Kier alpha value is -1.87. The van der Waals surface area contributed by atoms with Crippen LogP contribution in [-0.4, -0.2) is 60.1 Å². The van der Waals surface area contributed by atoms with Gasteiger partial charge in [0, 0.05) is 18.8 Å². The standard InChI is InChI=1S/C19H21N3O3S2/c23-16(12-25-17-6-5-14-3-1-2-4-15(14)11-17)13-26-19-21-20-18(27-19)22-7-9-24-10-8-22/h1-6,11,16,23H,7-10,12-13H2. The molecule has 6 nitrogen and oxygen atoms in total. The Morgan fingerprint density at radius 1 is 1.15 bits per heavy atom. The van der Waals surface area contributed by atoms with Crippen molar-refractivity contribution in [2.75, 3.05) is 43.6 Å². The lowest BCUT2D eigenvalue weighted by Gasteiger charge is -2.25. The zero-order valence-electron chi connectivity index (χ0n) is 14.8. The highest BCUT2D eigenvalue weighted by Gasteiger charge is 2.16. The lowest BCUT2D eigenvalue weighted by molar-refractivity contribution is 0.122. The molecule has 2 heterocycles. The third kappa shape index (κ3) is 4.90. The fourth-order valence-electron chi connectivity index (χ4n) is 2.81. The number of aliphatic hydroxyl groups excluding tert-OH is 1. The molecule has 0 bridgehead atoms. The third-order valence-corrected chi connectivity index (χ3v) is 6.50. The summed E-state index contributed by atoms with van der Waals surface area (Å²) in [5.74, 6) is 1.29. The quantitative estimate of drug-likeness (QED) is 0.608. The average molecular weight is 404 g/mol. The maximum Gasteiger partial charge on any atom is 0.209 e. The maximum atomic E-state index is 10.2. The summed E-state index contributed by atoms with van der Waals surface area (Å²) in [6.45, 7) is 3.41. The minimum atomic E-state index is -0.572. The molecule has 27 heavy (non-hydrogen) atoms. The number of thioether (sulfide) groups is 1. The summed E-state index contributed by atoms with van der Waals surface area (Å²) in [7, 11) is 0. The number of fused-ring (bicyclic) bond motifs is 1. The van der Waals surface area contributed by atoms with Crippen LogP contribution < -0.4 is 9.64 Å². The Labute approximate surface area is 166 Å². The van der Waals surface area contributed by atoms with E-state index in [9.17, 15) is 5.11 Å². The smallest absolute Gasteiger partial charge is 0.209 e. The van der Waals surface area contributed by atoms with Crippen LogP contribution in [0.25, 0.3) is 10.8 Å². The molecule has 2 aromatic carbocycles. The highest BCUT2D eigenvalue weighted by Crippen LogP contribution is 2.29. The molecule has 8 heteroatoms. The number of aliphatic hydroxyl groups is 1. The van der Waals surface area contributed by atoms with Crippen LogP contribution in [0.4, 0.5) is 5.13 Å². The van der Waals surface area contributed by atoms with Gasteiger partial charge in [-0.25, -0.2) is 0 Å². The number of hydrogen-bond acceptors (Lipinski definition) is 8. The van der Waals surface area contributed by atoms with Gasteiger partial charge in [0.05, 0.1) is 19.3 Å². The van der Waals surface area contributed by atoms with Crippen molar-refractivity contribution in [3.8, 4) is 5.75 Å². The molecular weight excluding hydrogens is 382 g/mol. The van der Waals surface area contributed by atoms with Gasteiger partial charge in [0.2, 0.25) is 5.13 Å². The molecule has 0 amide bonds. The largest absolute Gasteiger partial charge is 0.491 e. The molecule has 1 unspecified atom stereocenters. The molecule has 1 fully saturated rings. The first kappa shape index (κ1) is 18.5. The molecule has 1 saturated heterocycles. The molecule has 0 spiro atoms. The second kappa shape index (κ2) is 8.88. The predicted octanol–water partition coefficient (Wildman–Crippen LogP) is 3.06. The summed E-state index contributed by atoms with van der Waals surface area (Å²) in [6.07, 6.45) is -0.572. The van der Waals surface area contributed by atoms with Crippen molar-refractivity contribution in [1.29, 1.82) is 0 Å². The van der Waals surface area contributed by atoms with Gasteiger partial charge < -0.3 is 19.5 Å². The first-order chi connectivity index (χ1) is 13.3. The number of benzene rings is 2. The van der Waals surface area contributed by atoms with E-state index >= 15 is 0 Å². The van der Waals surface area contributed by atoms with Crippen molar-refractivity contribution in [2.24, 2.45) is 0 Å². The van der Waals surface area contributed by atoms with Gasteiger partial charge >= 0.3 is 0 Å². The van der Waals surface area contributed by atoms with Crippen molar-refractivity contribution >= 4 is 39.0 Å². The fourth-order valence-corrected chi connectivity index (χ4v) is 4.63. The summed E-state index contributed by atoms with van der Waals surface area (Å²) < 4.78 is 12.0. The Bertz CT molecular complexity index is 883. The van der Waals surface area contributed by atoms with Crippen molar-refractivity contribution in [2.45, 2.75) is 10.4 Å². The third-order valence-electron chi connectivity index (χ3n) is 4.24. The van der Waals surface area contributed by atoms with E-state index in [0.717, 1.165) is 46.9 Å². The molecule has 0 aliphatic carbocycles. The van der Waals surface area contributed by atoms with Crippen LogP contribution in [0, 0.1) is 0 Å². The average Bonchev–Trinajstić information content (AvgIpc) is 3.20. The molecular formula is C19H21N3O3S2. The summed E-state index contributed by atoms with van der Waals surface area (Å²) in [4.78, 5) is 2.19. The van der Waals surface area contributed by atoms with Gasteiger partial charge in [0.15, 0.2) is 4.34 Å². The lowest BCUT2D eigenvalue weighted by Crippen LogP contribution is -2.36. The Morgan fingerprint density at radius 2 is 1.96 bits per heavy atom. The van der Waals surface area contributed by atoms with Gasteiger partial charge in [-0.2, -0.15) is 0 Å². The number of morpholine rings is 1. The van der Waals surface area contributed by atoms with Crippen LogP contribution in [0.5, 0.6) is 5.75 Å². The highest BCUT2D eigenvalue weighted by molar-refractivity contribution is 8.01. The zero-order chi connectivity index (χ0) is 18.5. The van der Waals surface area contributed by atoms with E-state index in [0.29, 0.717) is 5.75 Å². The minimum absolute atomic E-state index is 0.250. The molecule has 1 aliphatic heterocycles. The molecule has 1 aromatic heterocycles. The second-order valence-electron chi connectivity index (χ2n) is 6.23. The van der Waals surface area contributed by atoms with Gasteiger partial charge in [-0.1, -0.05) is 53.4 Å². The van der Waals surface area contributed by atoms with Crippen LogP contribution in [0.1, 0.15) is 0 Å². The summed E-state index contributed by atoms with van der Waals surface area (Å²) >= 11 is 3.06. The molecule has 1 atom stereocenters. The molecule has 1 N–H and O–H groups in total. The Balaban J connectivity index is 1.25. The van der Waals surface area contributed by atoms with Crippen molar-refractivity contribution in [1.82, 2.24) is 10.2 Å². The number of ether oxygens (including phenoxy) is 2. The number of nitrogens with zero attached hydrogens (tertiary/aromatic N) is 3. The van der Waals surface area contributed by atoms with Gasteiger partial charge in [0.1, 0.15) is 12.4 Å². The summed E-state index contributed by atoms with van der Waals surface area (Å²) in [5.41, 5.74) is 0. The van der Waals surface area contributed by atoms with E-state index < -0.39 is 6.10 Å². The second-order valence-corrected chi connectivity index (χ2v) is 8.46. The van der Waals surface area contributed by atoms with Crippen LogP contribution in [0.3, 0.4) is 0 Å². The van der Waals surface area contributed by atoms with E-state index in [-0.39, 0.29) is 6.61 Å². The van der Waals surface area contributed by atoms with E-state index in [1.807, 2.05) is 30.3 Å². The van der Waals surface area contributed by atoms with Crippen LogP contribution in [-0.2, 0) is 4.74 Å². The maximum absolute atomic E-state index is 10.2. The first-order valence-corrected chi connectivity index (χ1v) is 10.7. The Kier molecular flexibility index (Phi) is 6.08. The number of aromatic nitrogens is 2. The minimum Gasteiger partial charge on any atom is -0.491 e. The van der Waals surface area contributed by atoms with Crippen molar-refractivity contribution < 1.29 is 14.6 Å². The van der Waals surface area contributed by atoms with Gasteiger partial charge in [-0.3, -0.25) is 0 Å². The number of hydrogen-bond donors (Lipinski definition) is 1. The van der Waals surface area contributed by atoms with E-state index in [1.54, 1.807) is 11.3 Å². The predicted molar refractivity (Wildman–Crippen MR) is 109 cm³/mol. The lowest BCUT2D eigenvalue weighted by atomic mass is 10.1. The normalized spacial score (nSPS) is 15.8. The van der Waals surface area contributed by atoms with Gasteiger partial charge in [-0.05, 0) is 22.9 Å². The van der Waals surface area contributed by atoms with Crippen molar-refractivity contribution in [3.05, 3.63) is 42.5 Å². The monoisotopic (exact) mass is 403 g/mol. The zero-order valence-corrected chi connectivity index (χ0v) is 16.4. The van der Waals surface area contributed by atoms with E-state index in [2.05, 4.69) is 27.2 Å². The van der Waals surface area contributed by atoms with Crippen LogP contribution in [0.15, 0.2) is 46.8 Å². The SMILES string of the molecule is OC(COc1ccc2ccccc2c1)CSc1nnc(N2CCOCC2)s1. The van der Waals surface area contributed by atoms with E-state index in [4.69, 9.17) is 9.47 Å².